The van der Waals surface area contributed by atoms with Crippen LogP contribution >= 0.6 is 0 Å². The van der Waals surface area contributed by atoms with E-state index in [1.54, 1.807) is 12.1 Å². The van der Waals surface area contributed by atoms with Gasteiger partial charge in [-0.3, -0.25) is 19.1 Å². The van der Waals surface area contributed by atoms with Gasteiger partial charge in [-0.15, -0.1) is 0 Å². The number of esters is 1. The molecular formula is C44H70N4O13S. The van der Waals surface area contributed by atoms with E-state index < -0.39 is 27.5 Å². The van der Waals surface area contributed by atoms with Gasteiger partial charge < -0.3 is 44.2 Å². The van der Waals surface area contributed by atoms with Gasteiger partial charge in [0.15, 0.2) is 0 Å². The number of rotatable bonds is 37. The third kappa shape index (κ3) is 28.3. The fourth-order valence-electron chi connectivity index (χ4n) is 5.82. The third-order valence-electron chi connectivity index (χ3n) is 8.92. The van der Waals surface area contributed by atoms with E-state index in [1.165, 1.54) is 88.2 Å². The van der Waals surface area contributed by atoms with Crippen molar-refractivity contribution in [2.75, 3.05) is 77.3 Å². The first-order valence-electron chi connectivity index (χ1n) is 21.8. The average molecular weight is 895 g/mol. The van der Waals surface area contributed by atoms with E-state index in [2.05, 4.69) is 20.3 Å². The molecule has 1 heterocycles. The summed E-state index contributed by atoms with van der Waals surface area (Å²) in [6, 6.07) is 9.08. The molecule has 0 saturated carbocycles. The Morgan fingerprint density at radius 2 is 1.16 bits per heavy atom. The van der Waals surface area contributed by atoms with E-state index in [0.717, 1.165) is 25.7 Å². The van der Waals surface area contributed by atoms with E-state index >= 15 is 0 Å². The smallest absolute Gasteiger partial charge is 0.329 e. The van der Waals surface area contributed by atoms with Crippen LogP contribution in [-0.4, -0.2) is 120 Å². The molecule has 18 heteroatoms. The molecule has 2 rings (SSSR count). The number of nitrogens with zero attached hydrogens (tertiary/aromatic N) is 1. The second kappa shape index (κ2) is 32.3. The summed E-state index contributed by atoms with van der Waals surface area (Å²) in [5.74, 6) is -1.22. The van der Waals surface area contributed by atoms with E-state index in [-0.39, 0.29) is 94.1 Å². The van der Waals surface area contributed by atoms with Gasteiger partial charge in [0.2, 0.25) is 5.91 Å². The molecule has 0 spiro atoms. The first-order valence-corrected chi connectivity index (χ1v) is 23.2. The molecule has 0 saturated heterocycles. The number of hydrogen-bond acceptors (Lipinski definition) is 13. The van der Waals surface area contributed by atoms with E-state index in [9.17, 15) is 27.6 Å². The number of carboxylic acids is 1. The molecule has 2 aromatic rings. The van der Waals surface area contributed by atoms with E-state index in [0.29, 0.717) is 18.8 Å². The lowest BCUT2D eigenvalue weighted by molar-refractivity contribution is -0.155. The number of aliphatic carboxylic acids is 1. The van der Waals surface area contributed by atoms with Crippen molar-refractivity contribution < 1.29 is 61.1 Å². The molecule has 62 heavy (non-hydrogen) atoms. The molecular weight excluding hydrogens is 825 g/mol. The maximum atomic E-state index is 12.9. The fourth-order valence-corrected chi connectivity index (χ4v) is 6.82. The van der Waals surface area contributed by atoms with Crippen LogP contribution in [0.1, 0.15) is 121 Å². The van der Waals surface area contributed by atoms with Crippen LogP contribution in [0.5, 0.6) is 5.75 Å². The fraction of sp³-hybridized carbons (Fsp3) is 0.659. The van der Waals surface area contributed by atoms with Gasteiger partial charge in [0.1, 0.15) is 30.4 Å². The number of hydrogen-bond donors (Lipinski definition) is 4. The highest BCUT2D eigenvalue weighted by molar-refractivity contribution is 7.92. The Morgan fingerprint density at radius 3 is 1.71 bits per heavy atom. The van der Waals surface area contributed by atoms with Gasteiger partial charge in [-0.2, -0.15) is 0 Å². The lowest BCUT2D eigenvalue weighted by Crippen LogP contribution is -2.31. The molecule has 0 aliphatic heterocycles. The Labute approximate surface area is 367 Å². The summed E-state index contributed by atoms with van der Waals surface area (Å²) in [7, 11) is -3.92. The van der Waals surface area contributed by atoms with Gasteiger partial charge in [0.25, 0.3) is 15.9 Å². The average Bonchev–Trinajstić information content (AvgIpc) is 3.22. The zero-order chi connectivity index (χ0) is 45.3. The lowest BCUT2D eigenvalue weighted by atomic mass is 10.0. The van der Waals surface area contributed by atoms with Gasteiger partial charge in [-0.25, -0.2) is 18.2 Å². The molecule has 350 valence electrons. The zero-order valence-corrected chi connectivity index (χ0v) is 37.7. The number of unbranched alkanes of at least 4 members (excludes halogenated alkanes) is 12. The maximum absolute atomic E-state index is 12.9. The lowest BCUT2D eigenvalue weighted by Gasteiger charge is -2.19. The molecule has 4 N–H and O–H groups in total. The maximum Gasteiger partial charge on any atom is 0.329 e. The Morgan fingerprint density at radius 1 is 0.629 bits per heavy atom. The number of carbonyl (C=O) groups excluding carboxylic acids is 3. The van der Waals surface area contributed by atoms with Crippen LogP contribution < -0.4 is 20.1 Å². The van der Waals surface area contributed by atoms with Crippen LogP contribution in [0.2, 0.25) is 0 Å². The number of amides is 2. The highest BCUT2D eigenvalue weighted by Gasteiger charge is 2.17. The summed E-state index contributed by atoms with van der Waals surface area (Å²) in [5, 5.41) is 13.8. The molecule has 1 aromatic carbocycles. The number of carboxylic acid groups (broad SMARTS) is 1. The SMILES string of the molecule is CC(C)(C)OC(=O)CCCCCCCCCCCCCCCOc1ccc(S(=O)(=O)Nc2ccc(C(=O)NCCOCCOCC(=O)NCCOCCOCC(=O)O)cn2)cc1. The summed E-state index contributed by atoms with van der Waals surface area (Å²) < 4.78 is 60.2. The summed E-state index contributed by atoms with van der Waals surface area (Å²) in [5.41, 5.74) is -0.163. The van der Waals surface area contributed by atoms with Gasteiger partial charge in [0.05, 0.1) is 56.7 Å². The van der Waals surface area contributed by atoms with Gasteiger partial charge in [-0.05, 0) is 70.0 Å². The Balaban J connectivity index is 1.47. The largest absolute Gasteiger partial charge is 0.494 e. The van der Waals surface area contributed by atoms with Crippen molar-refractivity contribution in [1.82, 2.24) is 15.6 Å². The normalized spacial score (nSPS) is 11.5. The zero-order valence-electron chi connectivity index (χ0n) is 36.9. The number of ether oxygens (including phenoxy) is 6. The molecule has 0 bridgehead atoms. The molecule has 0 fully saturated rings. The van der Waals surface area contributed by atoms with Crippen LogP contribution in [0.3, 0.4) is 0 Å². The van der Waals surface area contributed by atoms with Crippen molar-refractivity contribution >= 4 is 39.6 Å². The van der Waals surface area contributed by atoms with Crippen molar-refractivity contribution in [3.63, 3.8) is 0 Å². The van der Waals surface area contributed by atoms with Crippen molar-refractivity contribution in [3.8, 4) is 5.75 Å². The molecule has 1 aromatic heterocycles. The van der Waals surface area contributed by atoms with Crippen molar-refractivity contribution in [1.29, 1.82) is 0 Å². The number of nitrogens with one attached hydrogen (secondary N) is 3. The number of anilines is 1. The summed E-state index contributed by atoms with van der Waals surface area (Å²) in [4.78, 5) is 50.5. The summed E-state index contributed by atoms with van der Waals surface area (Å²) in [6.07, 6.45) is 16.9. The highest BCUT2D eigenvalue weighted by atomic mass is 32.2. The van der Waals surface area contributed by atoms with Crippen molar-refractivity contribution in [3.05, 3.63) is 48.2 Å². The predicted molar refractivity (Wildman–Crippen MR) is 234 cm³/mol. The van der Waals surface area contributed by atoms with Crippen LogP contribution in [0, 0.1) is 0 Å². The van der Waals surface area contributed by atoms with E-state index in [1.807, 2.05) is 20.8 Å². The van der Waals surface area contributed by atoms with Crippen molar-refractivity contribution in [2.24, 2.45) is 0 Å². The van der Waals surface area contributed by atoms with Gasteiger partial charge in [-0.1, -0.05) is 70.6 Å². The molecule has 2 amide bonds. The number of benzene rings is 1. The second-order valence-corrected chi connectivity index (χ2v) is 17.3. The van der Waals surface area contributed by atoms with Gasteiger partial charge >= 0.3 is 11.9 Å². The number of aromatic nitrogens is 1. The molecule has 17 nitrogen and oxygen atoms in total. The van der Waals surface area contributed by atoms with Crippen LogP contribution in [0.4, 0.5) is 5.82 Å². The standard InChI is InChI=1S/C44H70N4O13S/c1-44(2,3)61-42(52)17-15-13-11-9-7-5-4-6-8-10-12-14-16-26-60-37-19-21-38(22-20-37)62(54,55)48-39-23-18-36(33-47-39)43(53)46-25-28-57-29-31-58-34-40(49)45-24-27-56-30-32-59-35-41(50)51/h18-23,33H,4-17,24-32,34-35H2,1-3H3,(H,45,49)(H,46,53)(H,47,48)(H,50,51). The van der Waals surface area contributed by atoms with E-state index in [4.69, 9.17) is 33.5 Å². The Bertz CT molecular complexity index is 1650. The van der Waals surface area contributed by atoms with Crippen LogP contribution in [0.25, 0.3) is 0 Å². The number of pyridine rings is 1. The first kappa shape index (κ1) is 53.8. The summed E-state index contributed by atoms with van der Waals surface area (Å²) >= 11 is 0. The third-order valence-corrected chi connectivity index (χ3v) is 10.3. The quantitative estimate of drug-likeness (QED) is 0.0447. The topological polar surface area (TPSA) is 227 Å². The number of sulfonamides is 1. The monoisotopic (exact) mass is 894 g/mol. The first-order chi connectivity index (χ1) is 29.7. The summed E-state index contributed by atoms with van der Waals surface area (Å²) in [6.45, 7) is 7.38. The van der Waals surface area contributed by atoms with Crippen molar-refractivity contribution in [2.45, 2.75) is 121 Å². The van der Waals surface area contributed by atoms with Crippen LogP contribution in [0.15, 0.2) is 47.5 Å². The molecule has 0 radical (unpaired) electrons. The highest BCUT2D eigenvalue weighted by Crippen LogP contribution is 2.20. The predicted octanol–water partition coefficient (Wildman–Crippen LogP) is 6.06. The number of carbonyl (C=O) groups is 4. The molecule has 0 aliphatic rings. The van der Waals surface area contributed by atoms with Gasteiger partial charge in [0, 0.05) is 25.7 Å². The molecule has 0 aliphatic carbocycles. The Kier molecular flexibility index (Phi) is 28.0. The minimum Gasteiger partial charge on any atom is -0.494 e. The second-order valence-electron chi connectivity index (χ2n) is 15.6. The minimum atomic E-state index is -3.92. The molecule has 0 unspecified atom stereocenters. The minimum absolute atomic E-state index is 0.0542. The van der Waals surface area contributed by atoms with Crippen LogP contribution in [-0.2, 0) is 48.1 Å². The molecule has 0 atom stereocenters. The Hall–Kier alpha value is -4.36.